The summed E-state index contributed by atoms with van der Waals surface area (Å²) in [7, 11) is 0. The largest absolute Gasteiger partial charge is 0.367 e. The lowest BCUT2D eigenvalue weighted by Gasteiger charge is -2.19. The molecule has 2 heterocycles. The second-order valence-corrected chi connectivity index (χ2v) is 6.54. The molecular formula is C22H23N3. The molecule has 0 saturated carbocycles. The van der Waals surface area contributed by atoms with E-state index in [0.717, 1.165) is 38.3 Å². The number of hydrogen-bond acceptors (Lipinski definition) is 3. The summed E-state index contributed by atoms with van der Waals surface area (Å²) in [5, 5.41) is 3.45. The van der Waals surface area contributed by atoms with Crippen molar-refractivity contribution in [1.82, 2.24) is 10.3 Å². The van der Waals surface area contributed by atoms with Crippen molar-refractivity contribution in [2.45, 2.75) is 26.1 Å². The maximum atomic E-state index is 4.33. The van der Waals surface area contributed by atoms with E-state index in [4.69, 9.17) is 0 Å². The summed E-state index contributed by atoms with van der Waals surface area (Å²) in [4.78, 5) is 6.81. The van der Waals surface area contributed by atoms with Crippen LogP contribution in [0.2, 0.25) is 0 Å². The molecule has 0 spiro atoms. The van der Waals surface area contributed by atoms with Gasteiger partial charge in [-0.05, 0) is 41.3 Å². The summed E-state index contributed by atoms with van der Waals surface area (Å²) in [6.07, 6.45) is 2.99. The molecule has 0 radical (unpaired) electrons. The first-order valence-electron chi connectivity index (χ1n) is 8.90. The molecule has 0 unspecified atom stereocenters. The van der Waals surface area contributed by atoms with Crippen LogP contribution in [-0.4, -0.2) is 11.5 Å². The van der Waals surface area contributed by atoms with Gasteiger partial charge in [0.15, 0.2) is 0 Å². The topological polar surface area (TPSA) is 28.2 Å². The van der Waals surface area contributed by atoms with Gasteiger partial charge < -0.3 is 10.2 Å². The Kier molecular flexibility index (Phi) is 4.75. The molecule has 1 aromatic heterocycles. The van der Waals surface area contributed by atoms with Crippen LogP contribution in [0.4, 0.5) is 5.69 Å². The van der Waals surface area contributed by atoms with Gasteiger partial charge in [0.2, 0.25) is 0 Å². The zero-order valence-electron chi connectivity index (χ0n) is 14.4. The molecule has 1 aliphatic heterocycles. The molecule has 3 aromatic rings. The fourth-order valence-corrected chi connectivity index (χ4v) is 3.39. The minimum atomic E-state index is 0.799. The highest BCUT2D eigenvalue weighted by atomic mass is 15.1. The first kappa shape index (κ1) is 15.9. The van der Waals surface area contributed by atoms with Crippen molar-refractivity contribution in [3.05, 3.63) is 95.3 Å². The first-order chi connectivity index (χ1) is 12.4. The average molecular weight is 329 g/mol. The molecule has 3 nitrogen and oxygen atoms in total. The Morgan fingerprint density at radius 1 is 0.840 bits per heavy atom. The minimum Gasteiger partial charge on any atom is -0.367 e. The molecule has 0 amide bonds. The third kappa shape index (κ3) is 3.89. The molecule has 1 N–H and O–H groups in total. The highest BCUT2D eigenvalue weighted by Crippen LogP contribution is 2.28. The molecule has 4 rings (SSSR count). The number of pyridine rings is 1. The predicted octanol–water partition coefficient (Wildman–Crippen LogP) is 3.93. The monoisotopic (exact) mass is 329 g/mol. The summed E-state index contributed by atoms with van der Waals surface area (Å²) >= 11 is 0. The summed E-state index contributed by atoms with van der Waals surface area (Å²) in [5.41, 5.74) is 6.61. The maximum absolute atomic E-state index is 4.33. The van der Waals surface area contributed by atoms with Crippen molar-refractivity contribution in [3.8, 4) is 0 Å². The molecule has 2 aromatic carbocycles. The van der Waals surface area contributed by atoms with E-state index in [0.29, 0.717) is 0 Å². The standard InChI is InChI=1S/C22H23N3/c1-2-7-22-20(5-1)12-14-25(22)17-19-10-8-18(9-11-19)15-23-16-21-6-3-4-13-24-21/h1-11,13,23H,12,14-17H2. The Morgan fingerprint density at radius 2 is 1.64 bits per heavy atom. The Bertz CT molecular complexity index is 812. The van der Waals surface area contributed by atoms with Crippen LogP contribution in [-0.2, 0) is 26.1 Å². The normalized spacial score (nSPS) is 13.0. The van der Waals surface area contributed by atoms with Crippen LogP contribution in [0.5, 0.6) is 0 Å². The molecule has 0 aliphatic carbocycles. The Balaban J connectivity index is 1.32. The molecule has 3 heteroatoms. The van der Waals surface area contributed by atoms with Crippen LogP contribution in [0.25, 0.3) is 0 Å². The van der Waals surface area contributed by atoms with E-state index in [2.05, 4.69) is 63.7 Å². The van der Waals surface area contributed by atoms with Crippen molar-refractivity contribution in [3.63, 3.8) is 0 Å². The number of anilines is 1. The number of nitrogens with zero attached hydrogens (tertiary/aromatic N) is 2. The Hall–Kier alpha value is -2.65. The van der Waals surface area contributed by atoms with Crippen molar-refractivity contribution >= 4 is 5.69 Å². The van der Waals surface area contributed by atoms with Crippen LogP contribution in [0.1, 0.15) is 22.4 Å². The van der Waals surface area contributed by atoms with Crippen molar-refractivity contribution in [1.29, 1.82) is 0 Å². The van der Waals surface area contributed by atoms with E-state index in [-0.39, 0.29) is 0 Å². The fourth-order valence-electron chi connectivity index (χ4n) is 3.39. The molecule has 1 aliphatic rings. The summed E-state index contributed by atoms with van der Waals surface area (Å²) in [5.74, 6) is 0. The second kappa shape index (κ2) is 7.49. The molecule has 0 atom stereocenters. The maximum Gasteiger partial charge on any atom is 0.0541 e. The summed E-state index contributed by atoms with van der Waals surface area (Å²) in [6, 6.07) is 23.7. The van der Waals surface area contributed by atoms with Gasteiger partial charge in [0.1, 0.15) is 0 Å². The van der Waals surface area contributed by atoms with Crippen LogP contribution in [0.3, 0.4) is 0 Å². The number of hydrogen-bond donors (Lipinski definition) is 1. The predicted molar refractivity (Wildman–Crippen MR) is 102 cm³/mol. The van der Waals surface area contributed by atoms with Gasteiger partial charge in [0.25, 0.3) is 0 Å². The van der Waals surface area contributed by atoms with E-state index >= 15 is 0 Å². The molecule has 0 fully saturated rings. The third-order valence-electron chi connectivity index (χ3n) is 4.74. The van der Waals surface area contributed by atoms with Crippen molar-refractivity contribution in [2.24, 2.45) is 0 Å². The van der Waals surface area contributed by atoms with Gasteiger partial charge in [-0.15, -0.1) is 0 Å². The SMILES string of the molecule is c1ccc(CNCc2ccc(CN3CCc4ccccc43)cc2)nc1. The number of benzene rings is 2. The molecule has 0 saturated heterocycles. The lowest BCUT2D eigenvalue weighted by Crippen LogP contribution is -2.19. The van der Waals surface area contributed by atoms with E-state index in [1.807, 2.05) is 24.4 Å². The minimum absolute atomic E-state index is 0.799. The van der Waals surface area contributed by atoms with Gasteiger partial charge in [-0.3, -0.25) is 4.98 Å². The van der Waals surface area contributed by atoms with Gasteiger partial charge in [-0.2, -0.15) is 0 Å². The summed E-state index contributed by atoms with van der Waals surface area (Å²) in [6.45, 7) is 3.77. The zero-order valence-corrected chi connectivity index (χ0v) is 14.4. The lowest BCUT2D eigenvalue weighted by atomic mass is 10.1. The van der Waals surface area contributed by atoms with Crippen LogP contribution < -0.4 is 10.2 Å². The zero-order chi connectivity index (χ0) is 16.9. The molecular weight excluding hydrogens is 306 g/mol. The molecule has 0 bridgehead atoms. The Labute approximate surface area is 149 Å². The number of aromatic nitrogens is 1. The summed E-state index contributed by atoms with van der Waals surface area (Å²) < 4.78 is 0. The van der Waals surface area contributed by atoms with Crippen LogP contribution >= 0.6 is 0 Å². The fraction of sp³-hybridized carbons (Fsp3) is 0.227. The number of nitrogens with one attached hydrogen (secondary N) is 1. The van der Waals surface area contributed by atoms with E-state index < -0.39 is 0 Å². The highest BCUT2D eigenvalue weighted by molar-refractivity contribution is 5.58. The quantitative estimate of drug-likeness (QED) is 0.742. The van der Waals surface area contributed by atoms with Crippen LogP contribution in [0, 0.1) is 0 Å². The van der Waals surface area contributed by atoms with E-state index in [1.165, 1.54) is 22.4 Å². The molecule has 126 valence electrons. The van der Waals surface area contributed by atoms with Gasteiger partial charge in [0, 0.05) is 38.1 Å². The number of rotatable bonds is 6. The number of para-hydroxylation sites is 1. The van der Waals surface area contributed by atoms with Crippen molar-refractivity contribution in [2.75, 3.05) is 11.4 Å². The van der Waals surface area contributed by atoms with Gasteiger partial charge >= 0.3 is 0 Å². The van der Waals surface area contributed by atoms with Crippen molar-refractivity contribution < 1.29 is 0 Å². The van der Waals surface area contributed by atoms with E-state index in [1.54, 1.807) is 0 Å². The van der Waals surface area contributed by atoms with Gasteiger partial charge in [-0.25, -0.2) is 0 Å². The highest BCUT2D eigenvalue weighted by Gasteiger charge is 2.17. The average Bonchev–Trinajstić information content (AvgIpc) is 3.07. The van der Waals surface area contributed by atoms with Gasteiger partial charge in [0.05, 0.1) is 5.69 Å². The third-order valence-corrected chi connectivity index (χ3v) is 4.74. The lowest BCUT2D eigenvalue weighted by molar-refractivity contribution is 0.679. The smallest absolute Gasteiger partial charge is 0.0541 e. The first-order valence-corrected chi connectivity index (χ1v) is 8.90. The van der Waals surface area contributed by atoms with Gasteiger partial charge in [-0.1, -0.05) is 48.5 Å². The van der Waals surface area contributed by atoms with E-state index in [9.17, 15) is 0 Å². The van der Waals surface area contributed by atoms with Crippen LogP contribution in [0.15, 0.2) is 72.9 Å². The second-order valence-electron chi connectivity index (χ2n) is 6.54. The number of fused-ring (bicyclic) bond motifs is 1. The molecule has 25 heavy (non-hydrogen) atoms. The Morgan fingerprint density at radius 3 is 2.48 bits per heavy atom.